The molecular weight excluding hydrogens is 384 g/mol. The van der Waals surface area contributed by atoms with Gasteiger partial charge in [0.1, 0.15) is 6.54 Å². The predicted octanol–water partition coefficient (Wildman–Crippen LogP) is 2.85. The highest BCUT2D eigenvalue weighted by Crippen LogP contribution is 2.33. The zero-order valence-electron chi connectivity index (χ0n) is 16.4. The number of carbonyl (C=O) groups excluding carboxylic acids is 2. The number of aryl methyl sites for hydroxylation is 2. The lowest BCUT2D eigenvalue weighted by Crippen LogP contribution is -2.39. The van der Waals surface area contributed by atoms with E-state index in [-0.39, 0.29) is 18.4 Å². The highest BCUT2D eigenvalue weighted by molar-refractivity contribution is 6.25. The van der Waals surface area contributed by atoms with Crippen LogP contribution in [0.3, 0.4) is 0 Å². The van der Waals surface area contributed by atoms with Crippen molar-refractivity contribution in [1.29, 1.82) is 0 Å². The van der Waals surface area contributed by atoms with Gasteiger partial charge in [-0.3, -0.25) is 14.6 Å². The maximum Gasteiger partial charge on any atom is 0.263 e. The van der Waals surface area contributed by atoms with Crippen LogP contribution in [-0.4, -0.2) is 39.0 Å². The molecule has 1 fully saturated rings. The number of benzene rings is 2. The van der Waals surface area contributed by atoms with E-state index in [9.17, 15) is 9.59 Å². The summed E-state index contributed by atoms with van der Waals surface area (Å²) in [6.07, 6.45) is 0. The second-order valence-electron chi connectivity index (χ2n) is 7.35. The van der Waals surface area contributed by atoms with Gasteiger partial charge < -0.3 is 4.52 Å². The van der Waals surface area contributed by atoms with Gasteiger partial charge in [0.05, 0.1) is 5.69 Å². The first-order valence-electron chi connectivity index (χ1n) is 9.53. The van der Waals surface area contributed by atoms with E-state index in [1.807, 2.05) is 56.3 Å². The van der Waals surface area contributed by atoms with Crippen LogP contribution >= 0.6 is 0 Å². The van der Waals surface area contributed by atoms with E-state index in [2.05, 4.69) is 20.5 Å². The average Bonchev–Trinajstić information content (AvgIpc) is 3.44. The summed E-state index contributed by atoms with van der Waals surface area (Å²) in [5.74, 6) is -0.00161. The third-order valence-corrected chi connectivity index (χ3v) is 5.40. The van der Waals surface area contributed by atoms with E-state index in [0.29, 0.717) is 17.4 Å². The van der Waals surface area contributed by atoms with Crippen LogP contribution in [0.1, 0.15) is 17.0 Å². The molecule has 1 aromatic heterocycles. The van der Waals surface area contributed by atoms with Crippen molar-refractivity contribution in [3.05, 3.63) is 65.5 Å². The van der Waals surface area contributed by atoms with Crippen LogP contribution in [0.2, 0.25) is 0 Å². The monoisotopic (exact) mass is 402 g/mol. The Hall–Kier alpha value is -3.88. The fraction of sp³-hybridized carbons (Fsp3) is 0.238. The third kappa shape index (κ3) is 2.86. The number of anilines is 1. The van der Waals surface area contributed by atoms with Gasteiger partial charge in [0, 0.05) is 5.56 Å². The molecule has 150 valence electrons. The lowest BCUT2D eigenvalue weighted by molar-refractivity contribution is -0.123. The van der Waals surface area contributed by atoms with Crippen LogP contribution in [0.5, 0.6) is 0 Å². The predicted molar refractivity (Wildman–Crippen MR) is 106 cm³/mol. The van der Waals surface area contributed by atoms with Gasteiger partial charge in [0.25, 0.3) is 11.8 Å². The molecule has 0 radical (unpaired) electrons. The zero-order valence-corrected chi connectivity index (χ0v) is 16.4. The molecule has 3 heterocycles. The van der Waals surface area contributed by atoms with Crippen LogP contribution in [0.4, 0.5) is 5.69 Å². The summed E-state index contributed by atoms with van der Waals surface area (Å²) in [5.41, 5.74) is 3.45. The minimum atomic E-state index is -0.865. The molecule has 2 aliphatic rings. The van der Waals surface area contributed by atoms with Crippen LogP contribution in [0, 0.1) is 13.8 Å². The van der Waals surface area contributed by atoms with Crippen LogP contribution in [0.15, 0.2) is 63.4 Å². The summed E-state index contributed by atoms with van der Waals surface area (Å²) in [6.45, 7) is 4.01. The molecule has 3 aromatic rings. The van der Waals surface area contributed by atoms with Crippen LogP contribution in [-0.2, 0) is 16.1 Å². The number of rotatable bonds is 4. The number of fused-ring (bicyclic) bond motifs is 1. The van der Waals surface area contributed by atoms with E-state index in [0.717, 1.165) is 16.7 Å². The van der Waals surface area contributed by atoms with Gasteiger partial charge in [-0.2, -0.15) is 10.1 Å². The number of hydrogen-bond donors (Lipinski definition) is 0. The van der Waals surface area contributed by atoms with Crippen molar-refractivity contribution in [1.82, 2.24) is 15.1 Å². The zero-order chi connectivity index (χ0) is 20.8. The molecule has 1 saturated heterocycles. The summed E-state index contributed by atoms with van der Waals surface area (Å²) < 4.78 is 5.32. The molecule has 2 atom stereocenters. The van der Waals surface area contributed by atoms with Crippen molar-refractivity contribution in [2.75, 3.05) is 4.90 Å². The molecule has 0 aliphatic carbocycles. The highest BCUT2D eigenvalue weighted by atomic mass is 16.5. The normalized spacial score (nSPS) is 20.3. The molecule has 0 bridgehead atoms. The molecule has 0 N–H and O–H groups in total. The summed E-state index contributed by atoms with van der Waals surface area (Å²) in [6, 6.07) is 13.2. The summed E-state index contributed by atoms with van der Waals surface area (Å²) in [5, 5.41) is 13.5. The lowest BCUT2D eigenvalue weighted by Gasteiger charge is -2.19. The fourth-order valence-corrected chi connectivity index (χ4v) is 3.64. The first kappa shape index (κ1) is 18.2. The van der Waals surface area contributed by atoms with Gasteiger partial charge in [0.15, 0.2) is 12.1 Å². The lowest BCUT2D eigenvalue weighted by atomic mass is 10.1. The molecule has 5 rings (SSSR count). The van der Waals surface area contributed by atoms with Gasteiger partial charge >= 0.3 is 0 Å². The fourth-order valence-electron chi connectivity index (χ4n) is 3.64. The topological polar surface area (TPSA) is 104 Å². The number of carbonyl (C=O) groups is 2. The Morgan fingerprint density at radius 2 is 1.80 bits per heavy atom. The van der Waals surface area contributed by atoms with E-state index in [1.54, 1.807) is 6.07 Å². The summed E-state index contributed by atoms with van der Waals surface area (Å²) in [4.78, 5) is 31.5. The van der Waals surface area contributed by atoms with Gasteiger partial charge in [-0.1, -0.05) is 46.8 Å². The van der Waals surface area contributed by atoms with Crippen molar-refractivity contribution in [3.63, 3.8) is 0 Å². The van der Waals surface area contributed by atoms with Gasteiger partial charge in [-0.25, -0.2) is 4.90 Å². The second kappa shape index (κ2) is 6.87. The Labute approximate surface area is 172 Å². The van der Waals surface area contributed by atoms with E-state index < -0.39 is 12.1 Å². The molecule has 2 amide bonds. The Morgan fingerprint density at radius 1 is 1.00 bits per heavy atom. The molecule has 9 nitrogen and oxygen atoms in total. The molecule has 0 unspecified atom stereocenters. The maximum absolute atomic E-state index is 13.1. The molecule has 0 saturated carbocycles. The SMILES string of the molecule is Cc1ccc(N2C(=O)[C@@H]3N=NN(Cc4nc(-c5ccccc5)no4)[C@H]3C2=O)cc1C. The summed E-state index contributed by atoms with van der Waals surface area (Å²) in [7, 11) is 0. The van der Waals surface area contributed by atoms with Gasteiger partial charge in [0.2, 0.25) is 11.7 Å². The minimum Gasteiger partial charge on any atom is -0.337 e. The van der Waals surface area contributed by atoms with Crippen LogP contribution < -0.4 is 4.90 Å². The van der Waals surface area contributed by atoms with E-state index in [4.69, 9.17) is 4.52 Å². The number of nitrogens with zero attached hydrogens (tertiary/aromatic N) is 6. The number of imide groups is 1. The standard InChI is InChI=1S/C21H18N6O3/c1-12-8-9-15(10-13(12)2)27-20(28)17-18(21(27)29)26(25-23-17)11-16-22-19(24-30-16)14-6-4-3-5-7-14/h3-10,17-18H,11H2,1-2H3/t17-,18-/m1/s1. The smallest absolute Gasteiger partial charge is 0.263 e. The Bertz CT molecular complexity index is 1170. The van der Waals surface area contributed by atoms with E-state index in [1.165, 1.54) is 9.91 Å². The Kier molecular flexibility index (Phi) is 4.16. The number of amides is 2. The van der Waals surface area contributed by atoms with Gasteiger partial charge in [-0.05, 0) is 37.1 Å². The molecule has 2 aromatic carbocycles. The Balaban J connectivity index is 1.38. The van der Waals surface area contributed by atoms with Gasteiger partial charge in [-0.15, -0.1) is 0 Å². The van der Waals surface area contributed by atoms with Crippen molar-refractivity contribution in [2.24, 2.45) is 10.3 Å². The molecule has 9 heteroatoms. The van der Waals surface area contributed by atoms with Crippen LogP contribution in [0.25, 0.3) is 11.4 Å². The second-order valence-corrected chi connectivity index (χ2v) is 7.35. The maximum atomic E-state index is 13.1. The minimum absolute atomic E-state index is 0.0876. The average molecular weight is 402 g/mol. The van der Waals surface area contributed by atoms with Crippen molar-refractivity contribution in [3.8, 4) is 11.4 Å². The number of aromatic nitrogens is 2. The first-order valence-corrected chi connectivity index (χ1v) is 9.53. The third-order valence-electron chi connectivity index (χ3n) is 5.40. The molecule has 30 heavy (non-hydrogen) atoms. The van der Waals surface area contributed by atoms with Crippen molar-refractivity contribution < 1.29 is 14.1 Å². The summed E-state index contributed by atoms with van der Waals surface area (Å²) >= 11 is 0. The number of hydrogen-bond acceptors (Lipinski definition) is 8. The quantitative estimate of drug-likeness (QED) is 0.622. The molecule has 2 aliphatic heterocycles. The largest absolute Gasteiger partial charge is 0.337 e. The highest BCUT2D eigenvalue weighted by Gasteiger charge is 2.55. The van der Waals surface area contributed by atoms with Crippen molar-refractivity contribution >= 4 is 17.5 Å². The first-order chi connectivity index (χ1) is 14.5. The van der Waals surface area contributed by atoms with Crippen molar-refractivity contribution in [2.45, 2.75) is 32.5 Å². The molecule has 0 spiro atoms. The van der Waals surface area contributed by atoms with E-state index >= 15 is 0 Å². The molecular formula is C21H18N6O3. The Morgan fingerprint density at radius 3 is 2.57 bits per heavy atom.